The van der Waals surface area contributed by atoms with Gasteiger partial charge in [-0.1, -0.05) is 25.1 Å². The zero-order chi connectivity index (χ0) is 14.3. The lowest BCUT2D eigenvalue weighted by Crippen LogP contribution is -2.32. The molecule has 1 aromatic carbocycles. The van der Waals surface area contributed by atoms with Gasteiger partial charge in [0.15, 0.2) is 0 Å². The maximum Gasteiger partial charge on any atom is 0.132 e. The zero-order valence-corrected chi connectivity index (χ0v) is 12.3. The van der Waals surface area contributed by atoms with Crippen LogP contribution in [0.15, 0.2) is 18.2 Å². The molecule has 0 aromatic heterocycles. The summed E-state index contributed by atoms with van der Waals surface area (Å²) in [5, 5.41) is 0. The first-order valence-electron chi connectivity index (χ1n) is 6.91. The molecule has 108 valence electrons. The van der Waals surface area contributed by atoms with E-state index in [0.717, 1.165) is 31.6 Å². The van der Waals surface area contributed by atoms with Crippen LogP contribution >= 0.6 is 0 Å². The van der Waals surface area contributed by atoms with E-state index in [-0.39, 0.29) is 12.4 Å². The summed E-state index contributed by atoms with van der Waals surface area (Å²) in [7, 11) is 4.11. The third-order valence-electron chi connectivity index (χ3n) is 3.18. The van der Waals surface area contributed by atoms with Gasteiger partial charge in [-0.2, -0.15) is 0 Å². The Bertz CT molecular complexity index is 380. The van der Waals surface area contributed by atoms with E-state index in [9.17, 15) is 4.39 Å². The van der Waals surface area contributed by atoms with Crippen LogP contribution in [0, 0.1) is 5.82 Å². The van der Waals surface area contributed by atoms with Gasteiger partial charge in [0.1, 0.15) is 5.82 Å². The lowest BCUT2D eigenvalue weighted by Gasteiger charge is -2.24. The Kier molecular flexibility index (Phi) is 6.99. The number of hydrogen-bond donors (Lipinski definition) is 1. The highest BCUT2D eigenvalue weighted by Gasteiger charge is 2.11. The molecule has 4 heteroatoms. The van der Waals surface area contributed by atoms with Crippen LogP contribution in [0.5, 0.6) is 0 Å². The normalized spacial score (nSPS) is 11.5. The third kappa shape index (κ3) is 5.27. The van der Waals surface area contributed by atoms with Crippen LogP contribution in [-0.2, 0) is 13.1 Å². The Morgan fingerprint density at radius 2 is 1.79 bits per heavy atom. The van der Waals surface area contributed by atoms with E-state index in [4.69, 9.17) is 5.73 Å². The first-order valence-corrected chi connectivity index (χ1v) is 6.91. The summed E-state index contributed by atoms with van der Waals surface area (Å²) < 4.78 is 14.2. The average Bonchev–Trinajstić information content (AvgIpc) is 2.38. The van der Waals surface area contributed by atoms with E-state index in [2.05, 4.69) is 30.8 Å². The summed E-state index contributed by atoms with van der Waals surface area (Å²) in [4.78, 5) is 4.44. The molecule has 0 aliphatic rings. The Morgan fingerprint density at radius 1 is 1.11 bits per heavy atom. The standard InChI is InChI=1S/C15H26FN3/c1-4-8-19(10-9-18(2)3)12-14-7-5-6-13(11-17)15(14)16/h5-7H,4,8-12,17H2,1-3H3. The molecule has 2 N–H and O–H groups in total. The maximum absolute atomic E-state index is 14.2. The second-order valence-electron chi connectivity index (χ2n) is 5.17. The second kappa shape index (κ2) is 8.25. The van der Waals surface area contributed by atoms with E-state index >= 15 is 0 Å². The topological polar surface area (TPSA) is 32.5 Å². The van der Waals surface area contributed by atoms with Gasteiger partial charge >= 0.3 is 0 Å². The van der Waals surface area contributed by atoms with Crippen molar-refractivity contribution in [3.8, 4) is 0 Å². The Morgan fingerprint density at radius 3 is 2.37 bits per heavy atom. The molecular weight excluding hydrogens is 241 g/mol. The fraction of sp³-hybridized carbons (Fsp3) is 0.600. The van der Waals surface area contributed by atoms with Crippen molar-refractivity contribution < 1.29 is 4.39 Å². The van der Waals surface area contributed by atoms with Crippen LogP contribution < -0.4 is 5.73 Å². The van der Waals surface area contributed by atoms with E-state index in [1.807, 2.05) is 12.1 Å². The van der Waals surface area contributed by atoms with Crippen molar-refractivity contribution in [1.29, 1.82) is 0 Å². The Labute approximate surface area is 116 Å². The molecule has 0 radical (unpaired) electrons. The smallest absolute Gasteiger partial charge is 0.132 e. The van der Waals surface area contributed by atoms with Gasteiger partial charge < -0.3 is 10.6 Å². The number of nitrogens with zero attached hydrogens (tertiary/aromatic N) is 2. The lowest BCUT2D eigenvalue weighted by molar-refractivity contribution is 0.231. The monoisotopic (exact) mass is 267 g/mol. The van der Waals surface area contributed by atoms with Crippen LogP contribution in [0.4, 0.5) is 4.39 Å². The molecule has 3 nitrogen and oxygen atoms in total. The fourth-order valence-corrected chi connectivity index (χ4v) is 2.08. The molecular formula is C15H26FN3. The number of hydrogen-bond acceptors (Lipinski definition) is 3. The highest BCUT2D eigenvalue weighted by Crippen LogP contribution is 2.15. The van der Waals surface area contributed by atoms with Gasteiger partial charge in [-0.15, -0.1) is 0 Å². The van der Waals surface area contributed by atoms with E-state index in [1.165, 1.54) is 0 Å². The van der Waals surface area contributed by atoms with Crippen molar-refractivity contribution >= 4 is 0 Å². The summed E-state index contributed by atoms with van der Waals surface area (Å²) >= 11 is 0. The molecule has 19 heavy (non-hydrogen) atoms. The minimum absolute atomic E-state index is 0.143. The summed E-state index contributed by atoms with van der Waals surface area (Å²) in [6, 6.07) is 5.49. The van der Waals surface area contributed by atoms with E-state index in [1.54, 1.807) is 6.07 Å². The van der Waals surface area contributed by atoms with Crippen LogP contribution in [0.3, 0.4) is 0 Å². The van der Waals surface area contributed by atoms with Crippen LogP contribution in [0.2, 0.25) is 0 Å². The summed E-state index contributed by atoms with van der Waals surface area (Å²) in [6.45, 7) is 5.98. The molecule has 0 atom stereocenters. The van der Waals surface area contributed by atoms with Gasteiger partial charge in [-0.25, -0.2) is 4.39 Å². The van der Waals surface area contributed by atoms with Gasteiger partial charge in [0, 0.05) is 37.3 Å². The molecule has 0 saturated heterocycles. The molecule has 0 amide bonds. The van der Waals surface area contributed by atoms with Crippen molar-refractivity contribution in [3.63, 3.8) is 0 Å². The molecule has 0 aliphatic heterocycles. The maximum atomic E-state index is 14.2. The van der Waals surface area contributed by atoms with Crippen LogP contribution in [-0.4, -0.2) is 43.5 Å². The Hall–Kier alpha value is -0.970. The zero-order valence-electron chi connectivity index (χ0n) is 12.3. The lowest BCUT2D eigenvalue weighted by atomic mass is 10.1. The number of rotatable bonds is 8. The van der Waals surface area contributed by atoms with Crippen molar-refractivity contribution in [1.82, 2.24) is 9.80 Å². The number of halogens is 1. The van der Waals surface area contributed by atoms with E-state index < -0.39 is 0 Å². The number of likely N-dealkylation sites (N-methyl/N-ethyl adjacent to an activating group) is 1. The van der Waals surface area contributed by atoms with Crippen molar-refractivity contribution in [3.05, 3.63) is 35.1 Å². The molecule has 0 spiro atoms. The van der Waals surface area contributed by atoms with Gasteiger partial charge in [0.2, 0.25) is 0 Å². The largest absolute Gasteiger partial charge is 0.326 e. The first kappa shape index (κ1) is 16.1. The first-order chi connectivity index (χ1) is 9.08. The molecule has 0 heterocycles. The molecule has 0 bridgehead atoms. The SMILES string of the molecule is CCCN(CCN(C)C)Cc1cccc(CN)c1F. The van der Waals surface area contributed by atoms with Gasteiger partial charge in [0.05, 0.1) is 0 Å². The third-order valence-corrected chi connectivity index (χ3v) is 3.18. The van der Waals surface area contributed by atoms with Crippen molar-refractivity contribution in [2.45, 2.75) is 26.4 Å². The predicted octanol–water partition coefficient (Wildman–Crippen LogP) is 2.06. The summed E-state index contributed by atoms with van der Waals surface area (Å²) in [5.74, 6) is -0.143. The van der Waals surface area contributed by atoms with Crippen LogP contribution in [0.1, 0.15) is 24.5 Å². The van der Waals surface area contributed by atoms with Gasteiger partial charge in [-0.05, 0) is 27.1 Å². The summed E-state index contributed by atoms with van der Waals surface area (Å²) in [6.07, 6.45) is 1.08. The average molecular weight is 267 g/mol. The highest BCUT2D eigenvalue weighted by molar-refractivity contribution is 5.25. The predicted molar refractivity (Wildman–Crippen MR) is 78.4 cm³/mol. The van der Waals surface area contributed by atoms with E-state index in [0.29, 0.717) is 12.1 Å². The Balaban J connectivity index is 2.72. The van der Waals surface area contributed by atoms with Crippen molar-refractivity contribution in [2.24, 2.45) is 5.73 Å². The molecule has 0 saturated carbocycles. The van der Waals surface area contributed by atoms with Crippen molar-refractivity contribution in [2.75, 3.05) is 33.7 Å². The molecule has 0 fully saturated rings. The van der Waals surface area contributed by atoms with Gasteiger partial charge in [0.25, 0.3) is 0 Å². The minimum atomic E-state index is -0.143. The molecule has 1 aromatic rings. The second-order valence-corrected chi connectivity index (χ2v) is 5.17. The fourth-order valence-electron chi connectivity index (χ4n) is 2.08. The minimum Gasteiger partial charge on any atom is -0.326 e. The summed E-state index contributed by atoms with van der Waals surface area (Å²) in [5.41, 5.74) is 6.89. The van der Waals surface area contributed by atoms with Gasteiger partial charge in [-0.3, -0.25) is 4.90 Å². The molecule has 0 aliphatic carbocycles. The van der Waals surface area contributed by atoms with Crippen LogP contribution in [0.25, 0.3) is 0 Å². The number of benzene rings is 1. The quantitative estimate of drug-likeness (QED) is 0.782. The molecule has 0 unspecified atom stereocenters. The molecule has 1 rings (SSSR count). The highest BCUT2D eigenvalue weighted by atomic mass is 19.1. The number of nitrogens with two attached hydrogens (primary N) is 1.